The molecule has 1 heterocycles. The number of fused-ring (bicyclic) bond motifs is 1. The van der Waals surface area contributed by atoms with E-state index in [-0.39, 0.29) is 6.10 Å². The molecule has 1 aliphatic heterocycles. The summed E-state index contributed by atoms with van der Waals surface area (Å²) in [6.45, 7) is 8.11. The van der Waals surface area contributed by atoms with Crippen LogP contribution in [0.1, 0.15) is 62.3 Å². The monoisotopic (exact) mass is 301 g/mol. The van der Waals surface area contributed by atoms with Gasteiger partial charge in [0.2, 0.25) is 0 Å². The molecule has 3 atom stereocenters. The topological polar surface area (TPSA) is 23.5 Å². The highest BCUT2D eigenvalue weighted by Gasteiger charge is 2.22. The summed E-state index contributed by atoms with van der Waals surface area (Å²) in [6.07, 6.45) is 6.94. The van der Waals surface area contributed by atoms with Gasteiger partial charge in [0.25, 0.3) is 0 Å². The molecule has 0 aromatic heterocycles. The Kier molecular flexibility index (Phi) is 5.20. The Labute approximate surface area is 135 Å². The summed E-state index contributed by atoms with van der Waals surface area (Å²) in [7, 11) is 0. The van der Waals surface area contributed by atoms with Crippen molar-refractivity contribution in [3.05, 3.63) is 34.9 Å². The van der Waals surface area contributed by atoms with Gasteiger partial charge in [-0.1, -0.05) is 32.0 Å². The van der Waals surface area contributed by atoms with E-state index < -0.39 is 0 Å². The van der Waals surface area contributed by atoms with Gasteiger partial charge in [-0.2, -0.15) is 0 Å². The first kappa shape index (κ1) is 16.0. The summed E-state index contributed by atoms with van der Waals surface area (Å²) in [5.41, 5.74) is 4.10. The van der Waals surface area contributed by atoms with E-state index in [1.54, 1.807) is 0 Å². The summed E-state index contributed by atoms with van der Waals surface area (Å²) < 4.78 is 0. The van der Waals surface area contributed by atoms with Crippen molar-refractivity contribution in [1.82, 2.24) is 4.90 Å². The molecule has 122 valence electrons. The average molecular weight is 301 g/mol. The second kappa shape index (κ2) is 7.14. The molecule has 1 fully saturated rings. The maximum absolute atomic E-state index is 10.6. The number of benzene rings is 1. The van der Waals surface area contributed by atoms with Crippen LogP contribution in [0.15, 0.2) is 18.2 Å². The van der Waals surface area contributed by atoms with Crippen LogP contribution < -0.4 is 0 Å². The van der Waals surface area contributed by atoms with Crippen LogP contribution in [0.2, 0.25) is 0 Å². The van der Waals surface area contributed by atoms with Gasteiger partial charge in [-0.05, 0) is 67.1 Å². The van der Waals surface area contributed by atoms with Gasteiger partial charge in [-0.25, -0.2) is 0 Å². The molecule has 1 aromatic rings. The summed E-state index contributed by atoms with van der Waals surface area (Å²) in [6, 6.07) is 6.66. The van der Waals surface area contributed by atoms with Gasteiger partial charge in [-0.15, -0.1) is 0 Å². The van der Waals surface area contributed by atoms with Crippen LogP contribution in [-0.4, -0.2) is 29.6 Å². The molecule has 1 N–H and O–H groups in total. The van der Waals surface area contributed by atoms with E-state index in [9.17, 15) is 5.11 Å². The number of hydrogen-bond acceptors (Lipinski definition) is 2. The lowest BCUT2D eigenvalue weighted by molar-refractivity contribution is 0.103. The summed E-state index contributed by atoms with van der Waals surface area (Å²) in [5, 5.41) is 10.6. The van der Waals surface area contributed by atoms with Gasteiger partial charge in [-0.3, -0.25) is 0 Å². The molecule has 0 radical (unpaired) electrons. The van der Waals surface area contributed by atoms with E-state index in [0.717, 1.165) is 30.4 Å². The van der Waals surface area contributed by atoms with Gasteiger partial charge in [0.1, 0.15) is 0 Å². The van der Waals surface area contributed by atoms with Crippen molar-refractivity contribution in [2.24, 2.45) is 11.8 Å². The van der Waals surface area contributed by atoms with E-state index in [1.165, 1.54) is 56.3 Å². The smallest absolute Gasteiger partial charge is 0.0802 e. The predicted molar refractivity (Wildman–Crippen MR) is 92.0 cm³/mol. The van der Waals surface area contributed by atoms with Crippen molar-refractivity contribution in [1.29, 1.82) is 0 Å². The largest absolute Gasteiger partial charge is 0.388 e. The van der Waals surface area contributed by atoms with Crippen LogP contribution in [0, 0.1) is 11.8 Å². The van der Waals surface area contributed by atoms with Crippen molar-refractivity contribution in [3.63, 3.8) is 0 Å². The first-order valence-corrected chi connectivity index (χ1v) is 9.14. The molecular weight excluding hydrogens is 270 g/mol. The quantitative estimate of drug-likeness (QED) is 0.909. The summed E-state index contributed by atoms with van der Waals surface area (Å²) >= 11 is 0. The Balaban J connectivity index is 1.56. The summed E-state index contributed by atoms with van der Waals surface area (Å²) in [4.78, 5) is 2.54. The number of aliphatic hydroxyl groups is 1. The lowest BCUT2D eigenvalue weighted by Crippen LogP contribution is -2.39. The Morgan fingerprint density at radius 2 is 1.77 bits per heavy atom. The normalized spacial score (nSPS) is 27.4. The first-order valence-electron chi connectivity index (χ1n) is 9.14. The molecule has 2 aliphatic rings. The van der Waals surface area contributed by atoms with E-state index in [0.29, 0.717) is 0 Å². The fourth-order valence-corrected chi connectivity index (χ4v) is 4.41. The molecule has 3 unspecified atom stereocenters. The van der Waals surface area contributed by atoms with Crippen molar-refractivity contribution in [2.75, 3.05) is 19.6 Å². The van der Waals surface area contributed by atoms with Crippen LogP contribution in [0.4, 0.5) is 0 Å². The second-order valence-electron chi connectivity index (χ2n) is 7.75. The number of piperidine rings is 1. The molecule has 22 heavy (non-hydrogen) atoms. The van der Waals surface area contributed by atoms with Gasteiger partial charge < -0.3 is 10.0 Å². The maximum atomic E-state index is 10.6. The standard InChI is InChI=1S/C20H31NO/c1-15-11-16(2)14-21(13-15)10-9-20(22)19-8-7-17-5-3-4-6-18(17)12-19/h7-8,12,15-16,20,22H,3-6,9-11,13-14H2,1-2H3. The molecule has 1 aliphatic carbocycles. The van der Waals surface area contributed by atoms with Crippen LogP contribution in [0.5, 0.6) is 0 Å². The third-order valence-electron chi connectivity index (χ3n) is 5.42. The minimum atomic E-state index is -0.306. The van der Waals surface area contributed by atoms with E-state index in [4.69, 9.17) is 0 Å². The number of aliphatic hydroxyl groups excluding tert-OH is 1. The highest BCUT2D eigenvalue weighted by atomic mass is 16.3. The molecule has 0 amide bonds. The van der Waals surface area contributed by atoms with Crippen molar-refractivity contribution in [2.45, 2.75) is 58.5 Å². The Hall–Kier alpha value is -0.860. The van der Waals surface area contributed by atoms with Gasteiger partial charge in [0.15, 0.2) is 0 Å². The third-order valence-corrected chi connectivity index (χ3v) is 5.42. The number of rotatable bonds is 4. The lowest BCUT2D eigenvalue weighted by Gasteiger charge is -2.35. The Bertz CT molecular complexity index is 488. The molecule has 3 rings (SSSR count). The fraction of sp³-hybridized carbons (Fsp3) is 0.700. The van der Waals surface area contributed by atoms with Gasteiger partial charge >= 0.3 is 0 Å². The minimum absolute atomic E-state index is 0.306. The Morgan fingerprint density at radius 3 is 2.50 bits per heavy atom. The minimum Gasteiger partial charge on any atom is -0.388 e. The van der Waals surface area contributed by atoms with Crippen molar-refractivity contribution < 1.29 is 5.11 Å². The first-order chi connectivity index (χ1) is 10.6. The molecule has 1 saturated heterocycles. The van der Waals surface area contributed by atoms with Crippen LogP contribution in [-0.2, 0) is 12.8 Å². The SMILES string of the molecule is CC1CC(C)CN(CCC(O)c2ccc3c(c2)CCCC3)C1. The molecule has 0 spiro atoms. The number of hydrogen-bond donors (Lipinski definition) is 1. The van der Waals surface area contributed by atoms with Gasteiger partial charge in [0, 0.05) is 19.6 Å². The molecule has 2 nitrogen and oxygen atoms in total. The predicted octanol–water partition coefficient (Wildman–Crippen LogP) is 3.97. The van der Waals surface area contributed by atoms with Gasteiger partial charge in [0.05, 0.1) is 6.10 Å². The van der Waals surface area contributed by atoms with Crippen LogP contribution in [0.3, 0.4) is 0 Å². The zero-order valence-electron chi connectivity index (χ0n) is 14.2. The zero-order chi connectivity index (χ0) is 15.5. The van der Waals surface area contributed by atoms with Crippen LogP contribution >= 0.6 is 0 Å². The van der Waals surface area contributed by atoms with E-state index in [1.807, 2.05) is 0 Å². The lowest BCUT2D eigenvalue weighted by atomic mass is 9.89. The number of aryl methyl sites for hydroxylation is 2. The fourth-order valence-electron chi connectivity index (χ4n) is 4.41. The second-order valence-corrected chi connectivity index (χ2v) is 7.75. The van der Waals surface area contributed by atoms with E-state index >= 15 is 0 Å². The average Bonchev–Trinajstić information content (AvgIpc) is 2.51. The highest BCUT2D eigenvalue weighted by molar-refractivity contribution is 5.34. The van der Waals surface area contributed by atoms with Crippen molar-refractivity contribution >= 4 is 0 Å². The molecular formula is C20H31NO. The van der Waals surface area contributed by atoms with Crippen LogP contribution in [0.25, 0.3) is 0 Å². The highest BCUT2D eigenvalue weighted by Crippen LogP contribution is 2.27. The molecule has 2 heteroatoms. The van der Waals surface area contributed by atoms with Crippen molar-refractivity contribution in [3.8, 4) is 0 Å². The third kappa shape index (κ3) is 3.91. The molecule has 1 aromatic carbocycles. The molecule has 0 saturated carbocycles. The number of likely N-dealkylation sites (tertiary alicyclic amines) is 1. The number of nitrogens with zero attached hydrogens (tertiary/aromatic N) is 1. The Morgan fingerprint density at radius 1 is 1.09 bits per heavy atom. The molecule has 0 bridgehead atoms. The maximum Gasteiger partial charge on any atom is 0.0802 e. The van der Waals surface area contributed by atoms with E-state index in [2.05, 4.69) is 36.9 Å². The zero-order valence-corrected chi connectivity index (χ0v) is 14.2. The summed E-state index contributed by atoms with van der Waals surface area (Å²) in [5.74, 6) is 1.59.